The molecular weight excluding hydrogens is 268 g/mol. The van der Waals surface area contributed by atoms with Crippen molar-refractivity contribution in [3.8, 4) is 11.5 Å². The number of phenolic OH excluding ortho intramolecular Hbond substituents is 1. The van der Waals surface area contributed by atoms with Gasteiger partial charge in [0.2, 0.25) is 6.29 Å². The quantitative estimate of drug-likeness (QED) is 0.477. The molecule has 112 valence electrons. The number of hydrogen-bond acceptors (Lipinski definition) is 7. The summed E-state index contributed by atoms with van der Waals surface area (Å²) < 4.78 is 10.6. The first-order chi connectivity index (χ1) is 9.42. The van der Waals surface area contributed by atoms with Crippen LogP contribution in [0.4, 0.5) is 0 Å². The molecule has 0 bridgehead atoms. The lowest BCUT2D eigenvalue weighted by atomic mass is 9.99. The van der Waals surface area contributed by atoms with E-state index in [9.17, 15) is 20.4 Å². The Balaban J connectivity index is 2.15. The zero-order chi connectivity index (χ0) is 14.9. The third-order valence-electron chi connectivity index (χ3n) is 3.14. The average Bonchev–Trinajstić information content (AvgIpc) is 2.38. The summed E-state index contributed by atoms with van der Waals surface area (Å²) in [6, 6.07) is 4.47. The molecule has 7 heteroatoms. The van der Waals surface area contributed by atoms with Crippen LogP contribution in [0.3, 0.4) is 0 Å². The first-order valence-corrected chi connectivity index (χ1v) is 6.20. The molecule has 0 aliphatic carbocycles. The average molecular weight is 286 g/mol. The number of rotatable bonds is 3. The summed E-state index contributed by atoms with van der Waals surface area (Å²) >= 11 is 0. The summed E-state index contributed by atoms with van der Waals surface area (Å²) in [5, 5.41) is 47.6. The van der Waals surface area contributed by atoms with E-state index in [4.69, 9.17) is 14.6 Å². The zero-order valence-corrected chi connectivity index (χ0v) is 10.9. The van der Waals surface area contributed by atoms with Crippen LogP contribution in [0.15, 0.2) is 18.2 Å². The van der Waals surface area contributed by atoms with Crippen molar-refractivity contribution in [2.24, 2.45) is 0 Å². The summed E-state index contributed by atoms with van der Waals surface area (Å²) in [4.78, 5) is 0. The molecule has 0 amide bonds. The summed E-state index contributed by atoms with van der Waals surface area (Å²) in [5.41, 5.74) is 0.740. The highest BCUT2D eigenvalue weighted by Crippen LogP contribution is 2.27. The van der Waals surface area contributed by atoms with Gasteiger partial charge in [0.05, 0.1) is 6.61 Å². The maximum atomic E-state index is 9.82. The van der Waals surface area contributed by atoms with Gasteiger partial charge in [-0.05, 0) is 24.6 Å². The molecule has 7 nitrogen and oxygen atoms in total. The van der Waals surface area contributed by atoms with E-state index in [0.717, 1.165) is 5.56 Å². The van der Waals surface area contributed by atoms with Crippen molar-refractivity contribution in [2.75, 3.05) is 6.61 Å². The molecule has 0 spiro atoms. The smallest absolute Gasteiger partial charge is 0.229 e. The molecule has 1 saturated heterocycles. The molecule has 20 heavy (non-hydrogen) atoms. The minimum absolute atomic E-state index is 0.00964. The maximum absolute atomic E-state index is 9.82. The molecule has 5 N–H and O–H groups in total. The lowest BCUT2D eigenvalue weighted by Crippen LogP contribution is -2.60. The van der Waals surface area contributed by atoms with Gasteiger partial charge >= 0.3 is 0 Å². The van der Waals surface area contributed by atoms with Crippen LogP contribution < -0.4 is 4.74 Å². The van der Waals surface area contributed by atoms with Crippen molar-refractivity contribution < 1.29 is 35.0 Å². The van der Waals surface area contributed by atoms with Crippen LogP contribution in [-0.4, -0.2) is 62.8 Å². The number of ether oxygens (including phenoxy) is 2. The third kappa shape index (κ3) is 3.02. The van der Waals surface area contributed by atoms with E-state index >= 15 is 0 Å². The fourth-order valence-corrected chi connectivity index (χ4v) is 2.10. The molecule has 1 heterocycles. The van der Waals surface area contributed by atoms with Crippen molar-refractivity contribution in [3.05, 3.63) is 23.8 Å². The Morgan fingerprint density at radius 1 is 1.10 bits per heavy atom. The number of aliphatic hydroxyl groups is 4. The maximum Gasteiger partial charge on any atom is 0.229 e. The second kappa shape index (κ2) is 5.94. The minimum Gasteiger partial charge on any atom is -0.508 e. The van der Waals surface area contributed by atoms with E-state index in [1.165, 1.54) is 12.1 Å². The summed E-state index contributed by atoms with van der Waals surface area (Å²) in [6.45, 7) is 1.23. The highest BCUT2D eigenvalue weighted by molar-refractivity contribution is 5.36. The van der Waals surface area contributed by atoms with Gasteiger partial charge in [0.1, 0.15) is 35.9 Å². The highest BCUT2D eigenvalue weighted by Gasteiger charge is 2.44. The largest absolute Gasteiger partial charge is 0.508 e. The lowest BCUT2D eigenvalue weighted by Gasteiger charge is -2.39. The van der Waals surface area contributed by atoms with E-state index in [0.29, 0.717) is 0 Å². The number of aryl methyl sites for hydroxylation is 1. The van der Waals surface area contributed by atoms with Gasteiger partial charge in [-0.25, -0.2) is 0 Å². The number of phenols is 1. The van der Waals surface area contributed by atoms with Gasteiger partial charge in [-0.1, -0.05) is 0 Å². The number of aliphatic hydroxyl groups excluding tert-OH is 4. The van der Waals surface area contributed by atoms with Crippen molar-refractivity contribution in [3.63, 3.8) is 0 Å². The standard InChI is InChI=1S/C13H18O7/c1-6-2-7(15)4-8(3-6)19-13-12(18)11(17)10(16)9(5-14)20-13/h2-4,9-18H,5H2,1H3/t9-,10-,11+,12-,13+/m1/s1. The Kier molecular flexibility index (Phi) is 4.46. The van der Waals surface area contributed by atoms with E-state index in [-0.39, 0.29) is 11.5 Å². The first kappa shape index (κ1) is 15.0. The SMILES string of the molecule is Cc1cc(O)cc(O[C@H]2O[C@H](CO)[C@@H](O)[C@H](O)[C@H]2O)c1. The molecular formula is C13H18O7. The van der Waals surface area contributed by atoms with Crippen molar-refractivity contribution >= 4 is 0 Å². The van der Waals surface area contributed by atoms with E-state index in [1.54, 1.807) is 13.0 Å². The molecule has 0 unspecified atom stereocenters. The first-order valence-electron chi connectivity index (χ1n) is 6.20. The Morgan fingerprint density at radius 2 is 1.80 bits per heavy atom. The Labute approximate surface area is 115 Å². The van der Waals surface area contributed by atoms with E-state index in [1.807, 2.05) is 0 Å². The number of aromatic hydroxyl groups is 1. The van der Waals surface area contributed by atoms with Gasteiger partial charge in [0, 0.05) is 6.07 Å². The van der Waals surface area contributed by atoms with Gasteiger partial charge in [-0.2, -0.15) is 0 Å². The van der Waals surface area contributed by atoms with E-state index < -0.39 is 37.3 Å². The Bertz CT molecular complexity index is 442. The summed E-state index contributed by atoms with van der Waals surface area (Å²) in [7, 11) is 0. The van der Waals surface area contributed by atoms with Crippen LogP contribution in [0, 0.1) is 6.92 Å². The molecule has 0 aromatic heterocycles. The van der Waals surface area contributed by atoms with Crippen molar-refractivity contribution in [2.45, 2.75) is 37.6 Å². The summed E-state index contributed by atoms with van der Waals surface area (Å²) in [6.07, 6.45) is -6.69. The molecule has 1 fully saturated rings. The van der Waals surface area contributed by atoms with E-state index in [2.05, 4.69) is 0 Å². The molecule has 1 aromatic carbocycles. The molecule has 2 rings (SSSR count). The van der Waals surface area contributed by atoms with Crippen LogP contribution >= 0.6 is 0 Å². The third-order valence-corrected chi connectivity index (χ3v) is 3.14. The van der Waals surface area contributed by atoms with Gasteiger partial charge in [0.25, 0.3) is 0 Å². The predicted molar refractivity (Wildman–Crippen MR) is 67.2 cm³/mol. The van der Waals surface area contributed by atoms with Crippen LogP contribution in [0.5, 0.6) is 11.5 Å². The number of benzene rings is 1. The van der Waals surface area contributed by atoms with Crippen LogP contribution in [0.2, 0.25) is 0 Å². The topological polar surface area (TPSA) is 120 Å². The highest BCUT2D eigenvalue weighted by atomic mass is 16.7. The normalized spacial score (nSPS) is 34.0. The van der Waals surface area contributed by atoms with Gasteiger partial charge in [-0.3, -0.25) is 0 Å². The molecule has 1 aliphatic rings. The number of hydrogen-bond donors (Lipinski definition) is 5. The van der Waals surface area contributed by atoms with Crippen molar-refractivity contribution in [1.82, 2.24) is 0 Å². The van der Waals surface area contributed by atoms with Crippen LogP contribution in [-0.2, 0) is 4.74 Å². The van der Waals surface area contributed by atoms with Crippen LogP contribution in [0.25, 0.3) is 0 Å². The van der Waals surface area contributed by atoms with Gasteiger partial charge in [0.15, 0.2) is 0 Å². The molecule has 1 aromatic rings. The molecule has 5 atom stereocenters. The monoisotopic (exact) mass is 286 g/mol. The minimum atomic E-state index is -1.50. The second-order valence-electron chi connectivity index (χ2n) is 4.82. The fraction of sp³-hybridized carbons (Fsp3) is 0.538. The predicted octanol–water partition coefficient (Wildman–Crippen LogP) is -1.12. The Hall–Kier alpha value is -1.38. The summed E-state index contributed by atoms with van der Waals surface area (Å²) in [5.74, 6) is 0.233. The lowest BCUT2D eigenvalue weighted by molar-refractivity contribution is -0.277. The van der Waals surface area contributed by atoms with Crippen molar-refractivity contribution in [1.29, 1.82) is 0 Å². The van der Waals surface area contributed by atoms with Gasteiger partial charge in [-0.15, -0.1) is 0 Å². The molecule has 0 saturated carbocycles. The Morgan fingerprint density at radius 3 is 2.40 bits per heavy atom. The molecule has 0 radical (unpaired) electrons. The molecule has 1 aliphatic heterocycles. The zero-order valence-electron chi connectivity index (χ0n) is 10.9. The fourth-order valence-electron chi connectivity index (χ4n) is 2.10. The van der Waals surface area contributed by atoms with Crippen LogP contribution in [0.1, 0.15) is 5.56 Å². The van der Waals surface area contributed by atoms with Gasteiger partial charge < -0.3 is 35.0 Å². The second-order valence-corrected chi connectivity index (χ2v) is 4.82.